The van der Waals surface area contributed by atoms with E-state index in [1.807, 2.05) is 66.7 Å². The molecule has 0 saturated heterocycles. The summed E-state index contributed by atoms with van der Waals surface area (Å²) in [6.07, 6.45) is 0. The molecule has 5 aromatic rings. The Morgan fingerprint density at radius 1 is 0.788 bits per heavy atom. The average Bonchev–Trinajstić information content (AvgIpc) is 3.18. The number of rotatable bonds is 5. The normalized spacial score (nSPS) is 11.1. The molecule has 6 heteroatoms. The van der Waals surface area contributed by atoms with Crippen molar-refractivity contribution in [3.05, 3.63) is 108 Å². The van der Waals surface area contributed by atoms with Gasteiger partial charge in [-0.25, -0.2) is 4.39 Å². The molecule has 0 aliphatic rings. The van der Waals surface area contributed by atoms with Crippen molar-refractivity contribution in [1.29, 1.82) is 0 Å². The molecule has 0 aliphatic heterocycles. The van der Waals surface area contributed by atoms with Gasteiger partial charge < -0.3 is 5.32 Å². The molecule has 5 rings (SSSR count). The number of hydrogen-bond donors (Lipinski definition) is 1. The van der Waals surface area contributed by atoms with Crippen LogP contribution >= 0.6 is 11.8 Å². The van der Waals surface area contributed by atoms with Gasteiger partial charge in [0, 0.05) is 26.9 Å². The van der Waals surface area contributed by atoms with Gasteiger partial charge in [-0.05, 0) is 54.6 Å². The summed E-state index contributed by atoms with van der Waals surface area (Å²) in [6, 6.07) is 28.5. The quantitative estimate of drug-likeness (QED) is 0.304. The van der Waals surface area contributed by atoms with E-state index in [0.717, 1.165) is 26.7 Å². The van der Waals surface area contributed by atoms with Crippen molar-refractivity contribution in [3.8, 4) is 0 Å². The number of carbonyl (C=O) groups excluding carboxylic acids is 2. The minimum atomic E-state index is -0.391. The Kier molecular flexibility index (Phi) is 5.67. The zero-order valence-electron chi connectivity index (χ0n) is 17.5. The van der Waals surface area contributed by atoms with Gasteiger partial charge in [-0.2, -0.15) is 0 Å². The zero-order chi connectivity index (χ0) is 22.8. The van der Waals surface area contributed by atoms with Crippen LogP contribution in [-0.4, -0.2) is 22.1 Å². The lowest BCUT2D eigenvalue weighted by molar-refractivity contribution is 0.0950. The fraction of sp³-hybridized carbons (Fsp3) is 0.0370. The van der Waals surface area contributed by atoms with Crippen LogP contribution in [-0.2, 0) is 0 Å². The molecule has 33 heavy (non-hydrogen) atoms. The predicted octanol–water partition coefficient (Wildman–Crippen LogP) is 6.62. The van der Waals surface area contributed by atoms with Crippen LogP contribution in [0.25, 0.3) is 21.8 Å². The molecule has 1 amide bonds. The van der Waals surface area contributed by atoms with Gasteiger partial charge in [-0.1, -0.05) is 42.5 Å². The van der Waals surface area contributed by atoms with Crippen molar-refractivity contribution >= 4 is 51.1 Å². The second kappa shape index (κ2) is 8.92. The molecule has 1 aromatic heterocycles. The van der Waals surface area contributed by atoms with Gasteiger partial charge in [-0.15, -0.1) is 11.8 Å². The first-order chi connectivity index (χ1) is 16.1. The van der Waals surface area contributed by atoms with Crippen molar-refractivity contribution < 1.29 is 14.0 Å². The summed E-state index contributed by atoms with van der Waals surface area (Å²) >= 11 is 1.41. The standard InChI is InChI=1S/C27H19FN2O2S/c28-19-14-12-18(13-15-19)27(32)29-20-6-5-7-21(16-20)33-17-26(31)30-24-10-3-1-8-22(24)23-9-2-4-11-25(23)30/h1-16H,17H2,(H,29,32). The van der Waals surface area contributed by atoms with E-state index >= 15 is 0 Å². The Bertz CT molecular complexity index is 1440. The molecule has 162 valence electrons. The Balaban J connectivity index is 1.33. The fourth-order valence-corrected chi connectivity index (χ4v) is 4.67. The third kappa shape index (κ3) is 4.25. The fourth-order valence-electron chi connectivity index (χ4n) is 3.87. The van der Waals surface area contributed by atoms with Crippen molar-refractivity contribution in [3.63, 3.8) is 0 Å². The molecule has 0 unspecified atom stereocenters. The summed E-state index contributed by atoms with van der Waals surface area (Å²) in [5.41, 5.74) is 2.77. The third-order valence-electron chi connectivity index (χ3n) is 5.39. The summed E-state index contributed by atoms with van der Waals surface area (Å²) in [5, 5.41) is 4.92. The van der Waals surface area contributed by atoms with Crippen LogP contribution < -0.4 is 5.32 Å². The molecular weight excluding hydrogens is 435 g/mol. The number of hydrogen-bond acceptors (Lipinski definition) is 3. The number of nitrogens with one attached hydrogen (secondary N) is 1. The van der Waals surface area contributed by atoms with E-state index in [-0.39, 0.29) is 17.6 Å². The Morgan fingerprint density at radius 3 is 2.09 bits per heavy atom. The van der Waals surface area contributed by atoms with Crippen LogP contribution in [0.1, 0.15) is 15.2 Å². The molecule has 0 spiro atoms. The van der Waals surface area contributed by atoms with Crippen LogP contribution in [0.4, 0.5) is 10.1 Å². The van der Waals surface area contributed by atoms with E-state index in [2.05, 4.69) is 5.32 Å². The number of carbonyl (C=O) groups is 2. The number of thioether (sulfide) groups is 1. The Labute approximate surface area is 194 Å². The summed E-state index contributed by atoms with van der Waals surface area (Å²) in [5.74, 6) is -0.479. The van der Waals surface area contributed by atoms with Crippen LogP contribution in [0, 0.1) is 5.82 Å². The minimum absolute atomic E-state index is 0.0156. The van der Waals surface area contributed by atoms with Crippen LogP contribution in [0.5, 0.6) is 0 Å². The number of para-hydroxylation sites is 2. The van der Waals surface area contributed by atoms with Gasteiger partial charge >= 0.3 is 0 Å². The first-order valence-electron chi connectivity index (χ1n) is 10.4. The highest BCUT2D eigenvalue weighted by Crippen LogP contribution is 2.30. The van der Waals surface area contributed by atoms with E-state index in [1.54, 1.807) is 10.6 Å². The van der Waals surface area contributed by atoms with Crippen molar-refractivity contribution in [2.24, 2.45) is 0 Å². The van der Waals surface area contributed by atoms with Crippen molar-refractivity contribution in [2.45, 2.75) is 4.90 Å². The van der Waals surface area contributed by atoms with Gasteiger partial charge in [0.1, 0.15) is 5.82 Å². The van der Waals surface area contributed by atoms with E-state index < -0.39 is 5.82 Å². The number of anilines is 1. The maximum Gasteiger partial charge on any atom is 0.255 e. The van der Waals surface area contributed by atoms with Crippen molar-refractivity contribution in [1.82, 2.24) is 4.57 Å². The summed E-state index contributed by atoms with van der Waals surface area (Å²) in [7, 11) is 0. The minimum Gasteiger partial charge on any atom is -0.322 e. The summed E-state index contributed by atoms with van der Waals surface area (Å²) in [6.45, 7) is 0. The van der Waals surface area contributed by atoms with E-state index in [9.17, 15) is 14.0 Å². The summed E-state index contributed by atoms with van der Waals surface area (Å²) in [4.78, 5) is 26.5. The lowest BCUT2D eigenvalue weighted by Gasteiger charge is -2.09. The number of aromatic nitrogens is 1. The zero-order valence-corrected chi connectivity index (χ0v) is 18.3. The molecule has 1 N–H and O–H groups in total. The highest BCUT2D eigenvalue weighted by molar-refractivity contribution is 8.00. The van der Waals surface area contributed by atoms with E-state index in [4.69, 9.17) is 0 Å². The molecule has 4 aromatic carbocycles. The van der Waals surface area contributed by atoms with Gasteiger partial charge in [0.2, 0.25) is 5.91 Å². The highest BCUT2D eigenvalue weighted by atomic mass is 32.2. The third-order valence-corrected chi connectivity index (χ3v) is 6.37. The highest BCUT2D eigenvalue weighted by Gasteiger charge is 2.16. The lowest BCUT2D eigenvalue weighted by atomic mass is 10.2. The average molecular weight is 455 g/mol. The topological polar surface area (TPSA) is 51.1 Å². The summed E-state index contributed by atoms with van der Waals surface area (Å²) < 4.78 is 14.9. The Morgan fingerprint density at radius 2 is 1.42 bits per heavy atom. The van der Waals surface area contributed by atoms with Gasteiger partial charge in [0.25, 0.3) is 5.91 Å². The molecule has 0 bridgehead atoms. The molecule has 0 radical (unpaired) electrons. The molecule has 0 aliphatic carbocycles. The van der Waals surface area contributed by atoms with Gasteiger partial charge in [0.05, 0.1) is 16.8 Å². The van der Waals surface area contributed by atoms with Gasteiger partial charge in [-0.3, -0.25) is 14.2 Å². The SMILES string of the molecule is O=C(Nc1cccc(SCC(=O)n2c3ccccc3c3ccccc32)c1)c1ccc(F)cc1. The van der Waals surface area contributed by atoms with Crippen LogP contribution in [0.15, 0.2) is 102 Å². The van der Waals surface area contributed by atoms with Crippen molar-refractivity contribution in [2.75, 3.05) is 11.1 Å². The molecule has 0 saturated carbocycles. The number of halogens is 1. The molecule has 0 atom stereocenters. The molecule has 0 fully saturated rings. The smallest absolute Gasteiger partial charge is 0.255 e. The lowest BCUT2D eigenvalue weighted by Crippen LogP contribution is -2.13. The molecule has 4 nitrogen and oxygen atoms in total. The molecular formula is C27H19FN2O2S. The predicted molar refractivity (Wildman–Crippen MR) is 132 cm³/mol. The van der Waals surface area contributed by atoms with Gasteiger partial charge in [0.15, 0.2) is 0 Å². The molecule has 1 heterocycles. The number of amides is 1. The number of benzene rings is 4. The first kappa shape index (κ1) is 21.0. The monoisotopic (exact) mass is 454 g/mol. The van der Waals surface area contributed by atoms with Crippen LogP contribution in [0.2, 0.25) is 0 Å². The first-order valence-corrected chi connectivity index (χ1v) is 11.4. The maximum absolute atomic E-state index is 13.2. The van der Waals surface area contributed by atoms with Crippen LogP contribution in [0.3, 0.4) is 0 Å². The second-order valence-electron chi connectivity index (χ2n) is 7.54. The number of nitrogens with zero attached hydrogens (tertiary/aromatic N) is 1. The largest absolute Gasteiger partial charge is 0.322 e. The Hall–Kier alpha value is -3.90. The number of fused-ring (bicyclic) bond motifs is 3. The van der Waals surface area contributed by atoms with E-state index in [0.29, 0.717) is 11.3 Å². The second-order valence-corrected chi connectivity index (χ2v) is 8.59. The van der Waals surface area contributed by atoms with E-state index in [1.165, 1.54) is 36.0 Å². The maximum atomic E-state index is 13.2.